The number of aromatic nitrogens is 1. The standard InChI is InChI=1S/C13H8BrClF4N2/c14-10-2-1-9(16)3-7(10)5-20-12-11(15)4-8(6-21-12)13(17,18)19/h1-4,6H,5H2,(H,20,21). The van der Waals surface area contributed by atoms with Crippen LogP contribution in [0.2, 0.25) is 5.02 Å². The van der Waals surface area contributed by atoms with Crippen molar-refractivity contribution in [2.45, 2.75) is 12.7 Å². The minimum atomic E-state index is -4.50. The molecule has 0 bridgehead atoms. The molecule has 1 aromatic carbocycles. The molecule has 1 aromatic heterocycles. The zero-order valence-electron chi connectivity index (χ0n) is 10.3. The Morgan fingerprint density at radius 1 is 1.24 bits per heavy atom. The summed E-state index contributed by atoms with van der Waals surface area (Å²) in [5.74, 6) is -0.317. The van der Waals surface area contributed by atoms with Crippen LogP contribution in [0.1, 0.15) is 11.1 Å². The van der Waals surface area contributed by atoms with E-state index < -0.39 is 17.6 Å². The summed E-state index contributed by atoms with van der Waals surface area (Å²) in [6.07, 6.45) is -3.81. The predicted molar refractivity (Wildman–Crippen MR) is 75.7 cm³/mol. The zero-order valence-corrected chi connectivity index (χ0v) is 12.7. The first-order valence-electron chi connectivity index (χ1n) is 5.68. The molecule has 0 unspecified atom stereocenters. The van der Waals surface area contributed by atoms with Gasteiger partial charge in [-0.1, -0.05) is 27.5 Å². The maximum Gasteiger partial charge on any atom is 0.417 e. The van der Waals surface area contributed by atoms with Crippen LogP contribution in [0.25, 0.3) is 0 Å². The van der Waals surface area contributed by atoms with E-state index in [1.54, 1.807) is 0 Å². The molecule has 8 heteroatoms. The fourth-order valence-corrected chi connectivity index (χ4v) is 2.20. The highest BCUT2D eigenvalue weighted by molar-refractivity contribution is 9.10. The highest BCUT2D eigenvalue weighted by Gasteiger charge is 2.31. The lowest BCUT2D eigenvalue weighted by Gasteiger charge is -2.11. The van der Waals surface area contributed by atoms with Crippen molar-refractivity contribution >= 4 is 33.3 Å². The Bertz CT molecular complexity index is 661. The molecule has 2 rings (SSSR count). The van der Waals surface area contributed by atoms with Gasteiger partial charge in [0.1, 0.15) is 11.6 Å². The van der Waals surface area contributed by atoms with Crippen molar-refractivity contribution in [3.05, 3.63) is 56.9 Å². The third kappa shape index (κ3) is 4.07. The smallest absolute Gasteiger partial charge is 0.365 e. The number of nitrogens with one attached hydrogen (secondary N) is 1. The number of nitrogens with zero attached hydrogens (tertiary/aromatic N) is 1. The number of halogens is 6. The van der Waals surface area contributed by atoms with E-state index in [1.165, 1.54) is 18.2 Å². The molecule has 1 N–H and O–H groups in total. The molecule has 21 heavy (non-hydrogen) atoms. The summed E-state index contributed by atoms with van der Waals surface area (Å²) >= 11 is 9.01. The van der Waals surface area contributed by atoms with E-state index in [1.807, 2.05) is 0 Å². The average molecular weight is 384 g/mol. The molecule has 0 amide bonds. The Morgan fingerprint density at radius 3 is 2.57 bits per heavy atom. The third-order valence-electron chi connectivity index (χ3n) is 2.62. The van der Waals surface area contributed by atoms with Gasteiger partial charge in [0.15, 0.2) is 0 Å². The van der Waals surface area contributed by atoms with Crippen LogP contribution in [0.15, 0.2) is 34.9 Å². The minimum Gasteiger partial charge on any atom is -0.365 e. The van der Waals surface area contributed by atoms with Crippen molar-refractivity contribution < 1.29 is 17.6 Å². The van der Waals surface area contributed by atoms with Crippen molar-refractivity contribution in [1.82, 2.24) is 4.98 Å². The Balaban J connectivity index is 2.15. The molecular weight excluding hydrogens is 376 g/mol. The molecule has 0 saturated carbocycles. The normalized spacial score (nSPS) is 11.5. The molecule has 112 valence electrons. The van der Waals surface area contributed by atoms with Crippen LogP contribution in [0.4, 0.5) is 23.4 Å². The second-order valence-electron chi connectivity index (χ2n) is 4.14. The maximum atomic E-state index is 13.1. The summed E-state index contributed by atoms with van der Waals surface area (Å²) in [6, 6.07) is 4.91. The van der Waals surface area contributed by atoms with Gasteiger partial charge in [0.25, 0.3) is 0 Å². The van der Waals surface area contributed by atoms with Crippen LogP contribution in [0.5, 0.6) is 0 Å². The fraction of sp³-hybridized carbons (Fsp3) is 0.154. The molecule has 1 heterocycles. The Labute approximate surface area is 131 Å². The Kier molecular flexibility index (Phi) is 4.73. The van der Waals surface area contributed by atoms with Gasteiger partial charge >= 0.3 is 6.18 Å². The Morgan fingerprint density at radius 2 is 1.95 bits per heavy atom. The third-order valence-corrected chi connectivity index (χ3v) is 3.68. The second kappa shape index (κ2) is 6.19. The van der Waals surface area contributed by atoms with Gasteiger partial charge in [-0.3, -0.25) is 0 Å². The van der Waals surface area contributed by atoms with E-state index in [0.717, 1.165) is 6.07 Å². The lowest BCUT2D eigenvalue weighted by molar-refractivity contribution is -0.137. The quantitative estimate of drug-likeness (QED) is 0.731. The second-order valence-corrected chi connectivity index (χ2v) is 5.40. The predicted octanol–water partition coefficient (Wildman–Crippen LogP) is 5.27. The molecular formula is C13H8BrClF4N2. The molecule has 0 aliphatic rings. The van der Waals surface area contributed by atoms with E-state index in [-0.39, 0.29) is 17.4 Å². The van der Waals surface area contributed by atoms with Gasteiger partial charge in [-0.05, 0) is 29.8 Å². The van der Waals surface area contributed by atoms with E-state index >= 15 is 0 Å². The first-order chi connectivity index (χ1) is 9.77. The summed E-state index contributed by atoms with van der Waals surface area (Å²) in [6.45, 7) is 0.163. The van der Waals surface area contributed by atoms with Crippen LogP contribution in [0, 0.1) is 5.82 Å². The summed E-state index contributed by atoms with van der Waals surface area (Å²) in [4.78, 5) is 3.64. The van der Waals surface area contributed by atoms with E-state index in [2.05, 4.69) is 26.2 Å². The minimum absolute atomic E-state index is 0.0980. The van der Waals surface area contributed by atoms with Gasteiger partial charge in [-0.15, -0.1) is 0 Å². The topological polar surface area (TPSA) is 24.9 Å². The summed E-state index contributed by atoms with van der Waals surface area (Å²) < 4.78 is 51.2. The summed E-state index contributed by atoms with van der Waals surface area (Å²) in [5, 5.41) is 2.61. The van der Waals surface area contributed by atoms with Gasteiger partial charge < -0.3 is 5.32 Å². The van der Waals surface area contributed by atoms with Crippen LogP contribution < -0.4 is 5.32 Å². The van der Waals surface area contributed by atoms with Crippen LogP contribution in [-0.4, -0.2) is 4.98 Å². The number of anilines is 1. The fourth-order valence-electron chi connectivity index (χ4n) is 1.58. The zero-order chi connectivity index (χ0) is 15.6. The molecule has 0 aliphatic heterocycles. The summed E-state index contributed by atoms with van der Waals surface area (Å²) in [7, 11) is 0. The molecule has 0 fully saturated rings. The van der Waals surface area contributed by atoms with E-state index in [9.17, 15) is 17.6 Å². The first-order valence-corrected chi connectivity index (χ1v) is 6.85. The molecule has 0 aliphatic carbocycles. The number of hydrogen-bond donors (Lipinski definition) is 1. The maximum absolute atomic E-state index is 13.1. The highest BCUT2D eigenvalue weighted by Crippen LogP contribution is 2.32. The summed E-state index contributed by atoms with van der Waals surface area (Å²) in [5.41, 5.74) is -0.335. The molecule has 0 radical (unpaired) electrons. The van der Waals surface area contributed by atoms with E-state index in [0.29, 0.717) is 16.2 Å². The molecule has 2 aromatic rings. The van der Waals surface area contributed by atoms with Crippen LogP contribution >= 0.6 is 27.5 Å². The molecule has 2 nitrogen and oxygen atoms in total. The molecule has 0 spiro atoms. The van der Waals surface area contributed by atoms with Crippen molar-refractivity contribution in [1.29, 1.82) is 0 Å². The largest absolute Gasteiger partial charge is 0.417 e. The van der Waals surface area contributed by atoms with Crippen molar-refractivity contribution in [3.63, 3.8) is 0 Å². The van der Waals surface area contributed by atoms with Gasteiger partial charge in [0.05, 0.1) is 10.6 Å². The average Bonchev–Trinajstić information content (AvgIpc) is 2.40. The monoisotopic (exact) mass is 382 g/mol. The van der Waals surface area contributed by atoms with Gasteiger partial charge in [0, 0.05) is 17.2 Å². The molecule has 0 atom stereocenters. The number of alkyl halides is 3. The van der Waals surface area contributed by atoms with Crippen molar-refractivity contribution in [2.24, 2.45) is 0 Å². The Hall–Kier alpha value is -1.34. The van der Waals surface area contributed by atoms with E-state index in [4.69, 9.17) is 11.6 Å². The van der Waals surface area contributed by atoms with Crippen LogP contribution in [0.3, 0.4) is 0 Å². The van der Waals surface area contributed by atoms with Crippen LogP contribution in [-0.2, 0) is 12.7 Å². The van der Waals surface area contributed by atoms with Gasteiger partial charge in [0.2, 0.25) is 0 Å². The lowest BCUT2D eigenvalue weighted by Crippen LogP contribution is -2.08. The number of hydrogen-bond acceptors (Lipinski definition) is 2. The first kappa shape index (κ1) is 16.0. The number of rotatable bonds is 3. The SMILES string of the molecule is Fc1ccc(Br)c(CNc2ncc(C(F)(F)F)cc2Cl)c1. The van der Waals surface area contributed by atoms with Gasteiger partial charge in [-0.25, -0.2) is 9.37 Å². The lowest BCUT2D eigenvalue weighted by atomic mass is 10.2. The molecule has 0 saturated heterocycles. The highest BCUT2D eigenvalue weighted by atomic mass is 79.9. The number of benzene rings is 1. The van der Waals surface area contributed by atoms with Gasteiger partial charge in [-0.2, -0.15) is 13.2 Å². The van der Waals surface area contributed by atoms with Crippen molar-refractivity contribution in [2.75, 3.05) is 5.32 Å². The van der Waals surface area contributed by atoms with Crippen molar-refractivity contribution in [3.8, 4) is 0 Å². The number of pyridine rings is 1.